The van der Waals surface area contributed by atoms with Gasteiger partial charge in [-0.3, -0.25) is 9.88 Å². The Labute approximate surface area is 257 Å². The summed E-state index contributed by atoms with van der Waals surface area (Å²) >= 11 is 0. The molecule has 5 fully saturated rings. The molecule has 1 saturated carbocycles. The van der Waals surface area contributed by atoms with E-state index in [2.05, 4.69) is 20.2 Å². The third-order valence-electron chi connectivity index (χ3n) is 11.5. The molecule has 45 heavy (non-hydrogen) atoms. The fourth-order valence-electron chi connectivity index (χ4n) is 9.34. The number of piperazine rings is 1. The Balaban J connectivity index is 1.17. The van der Waals surface area contributed by atoms with Crippen LogP contribution in [0.15, 0.2) is 24.4 Å². The van der Waals surface area contributed by atoms with Gasteiger partial charge in [0.2, 0.25) is 0 Å². The summed E-state index contributed by atoms with van der Waals surface area (Å²) in [5.41, 5.74) is -1.40. The first-order valence-corrected chi connectivity index (χ1v) is 16.3. The predicted molar refractivity (Wildman–Crippen MR) is 158 cm³/mol. The lowest BCUT2D eigenvalue weighted by Crippen LogP contribution is -2.51. The van der Waals surface area contributed by atoms with Crippen LogP contribution in [-0.4, -0.2) is 70.3 Å². The van der Waals surface area contributed by atoms with Gasteiger partial charge in [-0.1, -0.05) is 18.2 Å². The molecule has 2 aromatic heterocycles. The van der Waals surface area contributed by atoms with Crippen molar-refractivity contribution in [2.24, 2.45) is 5.92 Å². The highest BCUT2D eigenvalue weighted by molar-refractivity contribution is 5.95. The summed E-state index contributed by atoms with van der Waals surface area (Å²) in [4.78, 5) is 18.1. The van der Waals surface area contributed by atoms with Crippen molar-refractivity contribution in [2.45, 2.75) is 87.0 Å². The number of aromatic nitrogens is 3. The average molecular weight is 627 g/mol. The van der Waals surface area contributed by atoms with Crippen LogP contribution in [0.4, 0.5) is 27.8 Å². The largest absolute Gasteiger partial charge is 0.463 e. The Kier molecular flexibility index (Phi) is 6.06. The van der Waals surface area contributed by atoms with E-state index in [0.717, 1.165) is 58.0 Å². The van der Waals surface area contributed by atoms with E-state index < -0.39 is 29.5 Å². The molecule has 7 nitrogen and oxygen atoms in total. The molecular formula is C33H35F5N6O. The highest BCUT2D eigenvalue weighted by Crippen LogP contribution is 2.68. The summed E-state index contributed by atoms with van der Waals surface area (Å²) in [7, 11) is 0. The maximum atomic E-state index is 15.2. The van der Waals surface area contributed by atoms with Crippen LogP contribution in [0.5, 0.6) is 6.01 Å². The average Bonchev–Trinajstić information content (AvgIpc) is 3.29. The monoisotopic (exact) mass is 626 g/mol. The number of fused-ring (bicyclic) bond motifs is 7. The second-order valence-corrected chi connectivity index (χ2v) is 14.0. The van der Waals surface area contributed by atoms with E-state index >= 15 is 22.0 Å². The van der Waals surface area contributed by atoms with Crippen molar-refractivity contribution in [3.8, 4) is 17.3 Å². The number of alkyl halides is 5. The molecule has 4 aliphatic heterocycles. The molecule has 1 aromatic carbocycles. The fourth-order valence-corrected chi connectivity index (χ4v) is 9.34. The van der Waals surface area contributed by atoms with Crippen LogP contribution in [0.1, 0.15) is 74.0 Å². The van der Waals surface area contributed by atoms with E-state index in [0.29, 0.717) is 25.5 Å². The van der Waals surface area contributed by atoms with Gasteiger partial charge in [0.25, 0.3) is 5.92 Å². The standard InChI is InChI=1S/C33H35F5N6O/c34-32(35)23-5-1-4-20(25(23)21-14-24(21)32)27-26(33(36,37)38)28-22(15-39-27)29(43-16-18-6-7-19(17-43)40-18)42-30(41-28)45-13-10-31-8-2-11-44(31)12-3-9-31/h1,4-5,15,18-19,21,24,40H,2-3,6-14,16-17H2. The molecule has 0 spiro atoms. The van der Waals surface area contributed by atoms with Crippen LogP contribution in [0.3, 0.4) is 0 Å². The van der Waals surface area contributed by atoms with Gasteiger partial charge in [-0.2, -0.15) is 23.1 Å². The zero-order chi connectivity index (χ0) is 30.7. The Morgan fingerprint density at radius 1 is 1.02 bits per heavy atom. The molecule has 6 heterocycles. The van der Waals surface area contributed by atoms with Gasteiger partial charge in [0.05, 0.1) is 23.2 Å². The lowest BCUT2D eigenvalue weighted by atomic mass is 9.91. The molecule has 0 amide bonds. The number of hydrogen-bond acceptors (Lipinski definition) is 7. The Morgan fingerprint density at radius 2 is 1.78 bits per heavy atom. The molecule has 12 heteroatoms. The van der Waals surface area contributed by atoms with Crippen molar-refractivity contribution in [3.63, 3.8) is 0 Å². The van der Waals surface area contributed by atoms with E-state index in [1.165, 1.54) is 24.4 Å². The SMILES string of the molecule is FC(F)(F)c1c(-c2cccc3c2C2CC2C3(F)F)ncc2c(N3CC4CCC(C3)N4)nc(OCCC34CCCN3CCC4)nc12. The molecule has 1 N–H and O–H groups in total. The number of hydrogen-bond donors (Lipinski definition) is 1. The first-order chi connectivity index (χ1) is 21.6. The fraction of sp³-hybridized carbons (Fsp3) is 0.606. The Morgan fingerprint density at radius 3 is 2.51 bits per heavy atom. The lowest BCUT2D eigenvalue weighted by Gasteiger charge is -2.34. The minimum atomic E-state index is -4.85. The normalized spacial score (nSPS) is 29.2. The second kappa shape index (κ2) is 9.70. The molecule has 2 bridgehead atoms. The summed E-state index contributed by atoms with van der Waals surface area (Å²) in [5.74, 6) is -4.01. The van der Waals surface area contributed by atoms with Crippen molar-refractivity contribution in [2.75, 3.05) is 37.7 Å². The summed E-state index contributed by atoms with van der Waals surface area (Å²) in [6.45, 7) is 3.66. The predicted octanol–water partition coefficient (Wildman–Crippen LogP) is 6.26. The zero-order valence-corrected chi connectivity index (χ0v) is 24.8. The van der Waals surface area contributed by atoms with Crippen LogP contribution in [0.2, 0.25) is 0 Å². The van der Waals surface area contributed by atoms with Crippen LogP contribution >= 0.6 is 0 Å². The maximum absolute atomic E-state index is 15.2. The number of pyridine rings is 1. The van der Waals surface area contributed by atoms with Crippen LogP contribution in [0, 0.1) is 5.92 Å². The van der Waals surface area contributed by atoms with E-state index in [1.54, 1.807) is 0 Å². The second-order valence-electron chi connectivity index (χ2n) is 14.0. The van der Waals surface area contributed by atoms with Crippen molar-refractivity contribution in [1.82, 2.24) is 25.2 Å². The van der Waals surface area contributed by atoms with E-state index in [-0.39, 0.29) is 63.3 Å². The Bertz CT molecular complexity index is 1670. The van der Waals surface area contributed by atoms with Gasteiger partial charge in [-0.25, -0.2) is 8.78 Å². The maximum Gasteiger partial charge on any atom is 0.420 e. The zero-order valence-electron chi connectivity index (χ0n) is 24.8. The molecule has 9 rings (SSSR count). The minimum absolute atomic E-state index is 0.0854. The molecule has 6 aliphatic rings. The highest BCUT2D eigenvalue weighted by atomic mass is 19.4. The van der Waals surface area contributed by atoms with Crippen molar-refractivity contribution < 1.29 is 26.7 Å². The number of nitrogens with one attached hydrogen (secondary N) is 1. The molecule has 4 atom stereocenters. The first kappa shape index (κ1) is 28.1. The summed E-state index contributed by atoms with van der Waals surface area (Å²) in [6, 6.07) is 4.59. The summed E-state index contributed by atoms with van der Waals surface area (Å²) in [5, 5.41) is 3.76. The molecular weight excluding hydrogens is 591 g/mol. The van der Waals surface area contributed by atoms with E-state index in [9.17, 15) is 0 Å². The first-order valence-electron chi connectivity index (χ1n) is 16.3. The third kappa shape index (κ3) is 4.30. The summed E-state index contributed by atoms with van der Waals surface area (Å²) in [6.07, 6.45) is 4.04. The minimum Gasteiger partial charge on any atom is -0.463 e. The van der Waals surface area contributed by atoms with Crippen molar-refractivity contribution in [1.29, 1.82) is 0 Å². The van der Waals surface area contributed by atoms with Gasteiger partial charge in [0.1, 0.15) is 11.4 Å². The number of anilines is 1. The third-order valence-corrected chi connectivity index (χ3v) is 11.5. The van der Waals surface area contributed by atoms with Crippen molar-refractivity contribution in [3.05, 3.63) is 41.1 Å². The molecule has 4 unspecified atom stereocenters. The van der Waals surface area contributed by atoms with Crippen molar-refractivity contribution >= 4 is 16.7 Å². The quantitative estimate of drug-likeness (QED) is 0.324. The topological polar surface area (TPSA) is 66.4 Å². The molecule has 4 saturated heterocycles. The van der Waals surface area contributed by atoms with Gasteiger partial charge in [-0.15, -0.1) is 0 Å². The molecule has 238 valence electrons. The lowest BCUT2D eigenvalue weighted by molar-refractivity contribution is -0.136. The number of halogens is 5. The van der Waals surface area contributed by atoms with E-state index in [1.807, 2.05) is 4.90 Å². The van der Waals surface area contributed by atoms with Crippen LogP contribution in [-0.2, 0) is 12.1 Å². The highest BCUT2D eigenvalue weighted by Gasteiger charge is 2.64. The summed E-state index contributed by atoms with van der Waals surface area (Å²) < 4.78 is 81.8. The number of benzene rings is 1. The smallest absolute Gasteiger partial charge is 0.420 e. The van der Waals surface area contributed by atoms with Gasteiger partial charge < -0.3 is 15.0 Å². The van der Waals surface area contributed by atoms with Gasteiger partial charge >= 0.3 is 12.2 Å². The van der Waals surface area contributed by atoms with Crippen LogP contribution in [0.25, 0.3) is 22.2 Å². The van der Waals surface area contributed by atoms with Gasteiger partial charge in [0, 0.05) is 54.0 Å². The van der Waals surface area contributed by atoms with Crippen LogP contribution < -0.4 is 15.0 Å². The molecule has 2 aliphatic carbocycles. The number of nitrogens with zero attached hydrogens (tertiary/aromatic N) is 5. The Hall–Kier alpha value is -3.12. The van der Waals surface area contributed by atoms with Gasteiger partial charge in [-0.05, 0) is 75.9 Å². The number of rotatable bonds is 6. The number of ether oxygens (including phenoxy) is 1. The van der Waals surface area contributed by atoms with Gasteiger partial charge in [0.15, 0.2) is 0 Å². The molecule has 0 radical (unpaired) electrons. The van der Waals surface area contributed by atoms with E-state index in [4.69, 9.17) is 9.72 Å². The molecule has 3 aromatic rings.